The van der Waals surface area contributed by atoms with Crippen molar-refractivity contribution in [1.29, 1.82) is 0 Å². The molecule has 0 fully saturated rings. The molecule has 0 radical (unpaired) electrons. The molecule has 0 unspecified atom stereocenters. The number of ether oxygens (including phenoxy) is 1. The largest absolute Gasteiger partial charge is 0.393 e. The second-order valence-corrected chi connectivity index (χ2v) is 3.46. The Morgan fingerprint density at radius 1 is 1.44 bits per heavy atom. The Morgan fingerprint density at radius 3 is 2.69 bits per heavy atom. The summed E-state index contributed by atoms with van der Waals surface area (Å²) in [6.45, 7) is 3.15. The zero-order valence-corrected chi connectivity index (χ0v) is 9.60. The Morgan fingerprint density at radius 2 is 2.12 bits per heavy atom. The van der Waals surface area contributed by atoms with E-state index in [1.165, 1.54) is 10.8 Å². The van der Waals surface area contributed by atoms with Crippen LogP contribution in [0.4, 0.5) is 5.69 Å². The maximum Gasteiger partial charge on any atom is 0.331 e. The summed E-state index contributed by atoms with van der Waals surface area (Å²) < 4.78 is 7.45. The molecule has 1 heterocycles. The maximum absolute atomic E-state index is 11.8. The zero-order chi connectivity index (χ0) is 12.1. The summed E-state index contributed by atoms with van der Waals surface area (Å²) in [6.07, 6.45) is 2.00. The number of anilines is 1. The molecule has 6 nitrogen and oxygen atoms in total. The molecule has 0 aliphatic rings. The minimum Gasteiger partial charge on any atom is -0.393 e. The summed E-state index contributed by atoms with van der Waals surface area (Å²) in [5.41, 5.74) is 4.90. The summed E-state index contributed by atoms with van der Waals surface area (Å²) in [5.74, 6) is 0. The van der Waals surface area contributed by atoms with E-state index in [9.17, 15) is 9.59 Å². The summed E-state index contributed by atoms with van der Waals surface area (Å²) in [6, 6.07) is 0. The summed E-state index contributed by atoms with van der Waals surface area (Å²) in [5, 5.41) is 0. The lowest BCUT2D eigenvalue weighted by Crippen LogP contribution is -2.40. The fourth-order valence-corrected chi connectivity index (χ4v) is 1.47. The number of aryl methyl sites for hydroxylation is 1. The first-order chi connectivity index (χ1) is 7.61. The van der Waals surface area contributed by atoms with Crippen molar-refractivity contribution in [2.24, 2.45) is 0 Å². The molecule has 1 aromatic heterocycles. The van der Waals surface area contributed by atoms with Crippen molar-refractivity contribution in [3.05, 3.63) is 27.0 Å². The van der Waals surface area contributed by atoms with Gasteiger partial charge in [0.1, 0.15) is 5.69 Å². The van der Waals surface area contributed by atoms with Crippen LogP contribution in [-0.4, -0.2) is 22.9 Å². The minimum atomic E-state index is -0.425. The third-order valence-electron chi connectivity index (χ3n) is 2.33. The molecule has 6 heteroatoms. The zero-order valence-electron chi connectivity index (χ0n) is 9.60. The first-order valence-electron chi connectivity index (χ1n) is 5.20. The number of nitrogens with two attached hydrogens (primary N) is 1. The number of hydrogen-bond acceptors (Lipinski definition) is 4. The fourth-order valence-electron chi connectivity index (χ4n) is 1.47. The van der Waals surface area contributed by atoms with Crippen molar-refractivity contribution in [2.45, 2.75) is 26.4 Å². The van der Waals surface area contributed by atoms with Crippen molar-refractivity contribution in [3.63, 3.8) is 0 Å². The first kappa shape index (κ1) is 12.5. The van der Waals surface area contributed by atoms with E-state index < -0.39 is 5.56 Å². The molecule has 0 aromatic carbocycles. The summed E-state index contributed by atoms with van der Waals surface area (Å²) >= 11 is 0. The van der Waals surface area contributed by atoms with Gasteiger partial charge in [-0.2, -0.15) is 0 Å². The van der Waals surface area contributed by atoms with Crippen molar-refractivity contribution < 1.29 is 4.74 Å². The molecule has 0 aliphatic heterocycles. The van der Waals surface area contributed by atoms with Crippen LogP contribution in [0.3, 0.4) is 0 Å². The van der Waals surface area contributed by atoms with Crippen LogP contribution in [0.1, 0.15) is 13.3 Å². The highest BCUT2D eigenvalue weighted by Gasteiger charge is 2.07. The molecule has 90 valence electrons. The molecule has 0 saturated heterocycles. The van der Waals surface area contributed by atoms with Crippen molar-refractivity contribution >= 4 is 5.69 Å². The Kier molecular flexibility index (Phi) is 4.30. The molecule has 16 heavy (non-hydrogen) atoms. The first-order valence-corrected chi connectivity index (χ1v) is 5.20. The third-order valence-corrected chi connectivity index (χ3v) is 2.33. The highest BCUT2D eigenvalue weighted by molar-refractivity contribution is 5.30. The van der Waals surface area contributed by atoms with E-state index in [2.05, 4.69) is 0 Å². The Balaban J connectivity index is 3.10. The molecule has 0 saturated carbocycles. The monoisotopic (exact) mass is 227 g/mol. The molecule has 0 bridgehead atoms. The van der Waals surface area contributed by atoms with Gasteiger partial charge in [-0.3, -0.25) is 13.9 Å². The predicted octanol–water partition coefficient (Wildman–Crippen LogP) is -0.351. The smallest absolute Gasteiger partial charge is 0.331 e. The van der Waals surface area contributed by atoms with Gasteiger partial charge in [0.25, 0.3) is 5.56 Å². The topological polar surface area (TPSA) is 79.2 Å². The molecule has 1 rings (SSSR count). The molecular formula is C10H17N3O3. The third kappa shape index (κ3) is 2.52. The van der Waals surface area contributed by atoms with Crippen LogP contribution in [0.2, 0.25) is 0 Å². The quantitative estimate of drug-likeness (QED) is 0.697. The van der Waals surface area contributed by atoms with Gasteiger partial charge in [0.05, 0.1) is 0 Å². The van der Waals surface area contributed by atoms with Crippen LogP contribution in [-0.2, 0) is 17.8 Å². The van der Waals surface area contributed by atoms with Gasteiger partial charge in [0.2, 0.25) is 0 Å². The van der Waals surface area contributed by atoms with Crippen molar-refractivity contribution in [3.8, 4) is 0 Å². The maximum atomic E-state index is 11.8. The average molecular weight is 227 g/mol. The van der Waals surface area contributed by atoms with E-state index >= 15 is 0 Å². The van der Waals surface area contributed by atoms with E-state index in [4.69, 9.17) is 10.5 Å². The summed E-state index contributed by atoms with van der Waals surface area (Å²) in [7, 11) is 1.58. The van der Waals surface area contributed by atoms with Gasteiger partial charge >= 0.3 is 5.69 Å². The lowest BCUT2D eigenvalue weighted by molar-refractivity contribution is 0.189. The second-order valence-electron chi connectivity index (χ2n) is 3.46. The number of nitrogens with zero attached hydrogens (tertiary/aromatic N) is 2. The standard InChI is InChI=1S/C10H17N3O3/c1-3-12-7-8(11)9(14)13(10(12)15)5-4-6-16-2/h7H,3-6,11H2,1-2H3. The van der Waals surface area contributed by atoms with Crippen LogP contribution in [0.15, 0.2) is 15.8 Å². The van der Waals surface area contributed by atoms with Crippen LogP contribution >= 0.6 is 0 Å². The lowest BCUT2D eigenvalue weighted by atomic mass is 10.4. The van der Waals surface area contributed by atoms with Crippen LogP contribution in [0.25, 0.3) is 0 Å². The van der Waals surface area contributed by atoms with Gasteiger partial charge in [0.15, 0.2) is 0 Å². The van der Waals surface area contributed by atoms with Crippen LogP contribution in [0, 0.1) is 0 Å². The van der Waals surface area contributed by atoms with Gasteiger partial charge in [-0.1, -0.05) is 0 Å². The molecular weight excluding hydrogens is 210 g/mol. The van der Waals surface area contributed by atoms with Gasteiger partial charge in [-0.05, 0) is 13.3 Å². The molecule has 0 atom stereocenters. The van der Waals surface area contributed by atoms with E-state index in [1.54, 1.807) is 7.11 Å². The number of methoxy groups -OCH3 is 1. The Labute approximate surface area is 93.3 Å². The molecule has 2 N–H and O–H groups in total. The normalized spacial score (nSPS) is 10.6. The molecule has 0 spiro atoms. The minimum absolute atomic E-state index is 0.0962. The Bertz CT molecular complexity index is 461. The van der Waals surface area contributed by atoms with E-state index in [0.717, 1.165) is 4.57 Å². The predicted molar refractivity (Wildman–Crippen MR) is 61.5 cm³/mol. The number of nitrogen functional groups attached to an aromatic ring is 1. The molecule has 0 aliphatic carbocycles. The van der Waals surface area contributed by atoms with E-state index in [-0.39, 0.29) is 11.4 Å². The SMILES string of the molecule is CCn1cc(N)c(=O)n(CCCOC)c1=O. The lowest BCUT2D eigenvalue weighted by Gasteiger charge is -2.09. The Hall–Kier alpha value is -1.56. The van der Waals surface area contributed by atoms with Crippen molar-refractivity contribution in [2.75, 3.05) is 19.5 Å². The second kappa shape index (κ2) is 5.50. The fraction of sp³-hybridized carbons (Fsp3) is 0.600. The van der Waals surface area contributed by atoms with Crippen molar-refractivity contribution in [1.82, 2.24) is 9.13 Å². The van der Waals surface area contributed by atoms with Crippen LogP contribution < -0.4 is 17.0 Å². The number of hydrogen-bond donors (Lipinski definition) is 1. The average Bonchev–Trinajstić information content (AvgIpc) is 2.28. The van der Waals surface area contributed by atoms with Gasteiger partial charge in [-0.15, -0.1) is 0 Å². The number of aromatic nitrogens is 2. The van der Waals surface area contributed by atoms with E-state index in [0.29, 0.717) is 26.1 Å². The van der Waals surface area contributed by atoms with Gasteiger partial charge < -0.3 is 10.5 Å². The van der Waals surface area contributed by atoms with Crippen LogP contribution in [0.5, 0.6) is 0 Å². The highest BCUT2D eigenvalue weighted by Crippen LogP contribution is 1.91. The molecule has 0 amide bonds. The van der Waals surface area contributed by atoms with Gasteiger partial charge in [0, 0.05) is 33.0 Å². The molecule has 1 aromatic rings. The highest BCUT2D eigenvalue weighted by atomic mass is 16.5. The number of rotatable bonds is 5. The summed E-state index contributed by atoms with van der Waals surface area (Å²) in [4.78, 5) is 23.4. The van der Waals surface area contributed by atoms with E-state index in [1.807, 2.05) is 6.92 Å². The van der Waals surface area contributed by atoms with Gasteiger partial charge in [-0.25, -0.2) is 4.79 Å².